The molecule has 136 valence electrons. The van der Waals surface area contributed by atoms with E-state index >= 15 is 0 Å². The minimum atomic E-state index is -3.50. The number of para-hydroxylation sites is 2. The molecule has 26 heavy (non-hydrogen) atoms. The van der Waals surface area contributed by atoms with Gasteiger partial charge < -0.3 is 14.6 Å². The molecule has 0 atom stereocenters. The van der Waals surface area contributed by atoms with E-state index in [1.165, 1.54) is 4.31 Å². The van der Waals surface area contributed by atoms with Crippen molar-refractivity contribution in [1.29, 1.82) is 0 Å². The largest absolute Gasteiger partial charge is 0.497 e. The van der Waals surface area contributed by atoms with Crippen molar-refractivity contribution in [3.05, 3.63) is 48.5 Å². The van der Waals surface area contributed by atoms with Crippen molar-refractivity contribution in [2.24, 2.45) is 0 Å². The van der Waals surface area contributed by atoms with Gasteiger partial charge in [-0.1, -0.05) is 12.1 Å². The van der Waals surface area contributed by atoms with Crippen LogP contribution in [0.4, 0.5) is 5.95 Å². The van der Waals surface area contributed by atoms with Crippen LogP contribution in [0.5, 0.6) is 5.75 Å². The molecule has 7 nitrogen and oxygen atoms in total. The number of sulfonamides is 1. The zero-order valence-electron chi connectivity index (χ0n) is 14.4. The van der Waals surface area contributed by atoms with Crippen LogP contribution < -0.4 is 9.64 Å². The van der Waals surface area contributed by atoms with Gasteiger partial charge in [0.05, 0.1) is 23.0 Å². The van der Waals surface area contributed by atoms with Crippen molar-refractivity contribution in [3.63, 3.8) is 0 Å². The lowest BCUT2D eigenvalue weighted by Crippen LogP contribution is -2.49. The number of nitrogens with zero attached hydrogens (tertiary/aromatic N) is 3. The van der Waals surface area contributed by atoms with Crippen LogP contribution in [0.2, 0.25) is 0 Å². The third-order valence-corrected chi connectivity index (χ3v) is 6.53. The molecule has 0 saturated carbocycles. The minimum Gasteiger partial charge on any atom is -0.497 e. The molecule has 3 aromatic rings. The SMILES string of the molecule is COc1ccc(S(=O)(=O)N2CCN(c3nc4ccccc4[nH]3)CC2)cc1. The first kappa shape index (κ1) is 16.9. The van der Waals surface area contributed by atoms with E-state index in [0.717, 1.165) is 17.0 Å². The summed E-state index contributed by atoms with van der Waals surface area (Å²) in [5.74, 6) is 1.42. The zero-order chi connectivity index (χ0) is 18.1. The van der Waals surface area contributed by atoms with Crippen LogP contribution in [0.15, 0.2) is 53.4 Å². The van der Waals surface area contributed by atoms with Crippen LogP contribution >= 0.6 is 0 Å². The number of hydrogen-bond acceptors (Lipinski definition) is 5. The van der Waals surface area contributed by atoms with Crippen LogP contribution in [0.3, 0.4) is 0 Å². The number of H-pyrrole nitrogens is 1. The van der Waals surface area contributed by atoms with Crippen molar-refractivity contribution in [1.82, 2.24) is 14.3 Å². The predicted octanol–water partition coefficient (Wildman–Crippen LogP) is 2.08. The molecule has 2 aromatic carbocycles. The van der Waals surface area contributed by atoms with Gasteiger partial charge >= 0.3 is 0 Å². The van der Waals surface area contributed by atoms with Gasteiger partial charge in [0.2, 0.25) is 16.0 Å². The Morgan fingerprint density at radius 2 is 1.69 bits per heavy atom. The molecular weight excluding hydrogens is 352 g/mol. The second kappa shape index (κ2) is 6.62. The standard InChI is InChI=1S/C18H20N4O3S/c1-25-14-6-8-15(9-7-14)26(23,24)22-12-10-21(11-13-22)18-19-16-4-2-3-5-17(16)20-18/h2-9H,10-13H2,1H3,(H,19,20). The smallest absolute Gasteiger partial charge is 0.243 e. The molecule has 2 heterocycles. The van der Waals surface area contributed by atoms with Gasteiger partial charge in [0.15, 0.2) is 0 Å². The summed E-state index contributed by atoms with van der Waals surface area (Å²) in [7, 11) is -1.94. The second-order valence-electron chi connectivity index (χ2n) is 6.14. The molecule has 1 aliphatic heterocycles. The van der Waals surface area contributed by atoms with Crippen molar-refractivity contribution >= 4 is 27.0 Å². The summed E-state index contributed by atoms with van der Waals surface area (Å²) in [5.41, 5.74) is 1.89. The van der Waals surface area contributed by atoms with Gasteiger partial charge in [0, 0.05) is 26.2 Å². The number of rotatable bonds is 4. The maximum absolute atomic E-state index is 12.8. The topological polar surface area (TPSA) is 78.5 Å². The summed E-state index contributed by atoms with van der Waals surface area (Å²) < 4.78 is 32.2. The highest BCUT2D eigenvalue weighted by Crippen LogP contribution is 2.23. The van der Waals surface area contributed by atoms with E-state index in [4.69, 9.17) is 4.74 Å². The summed E-state index contributed by atoms with van der Waals surface area (Å²) >= 11 is 0. The molecule has 1 saturated heterocycles. The number of nitrogens with one attached hydrogen (secondary N) is 1. The Bertz CT molecular complexity index is 973. The predicted molar refractivity (Wildman–Crippen MR) is 100 cm³/mol. The first-order valence-electron chi connectivity index (χ1n) is 8.42. The van der Waals surface area contributed by atoms with Gasteiger partial charge in [-0.3, -0.25) is 0 Å². The summed E-state index contributed by atoms with van der Waals surface area (Å²) in [6.07, 6.45) is 0. The van der Waals surface area contributed by atoms with Crippen molar-refractivity contribution < 1.29 is 13.2 Å². The van der Waals surface area contributed by atoms with Gasteiger partial charge in [-0.15, -0.1) is 0 Å². The fourth-order valence-electron chi connectivity index (χ4n) is 3.13. The maximum Gasteiger partial charge on any atom is 0.243 e. The monoisotopic (exact) mass is 372 g/mol. The van der Waals surface area contributed by atoms with Crippen molar-refractivity contribution in [2.45, 2.75) is 4.90 Å². The molecule has 0 aliphatic carbocycles. The van der Waals surface area contributed by atoms with Gasteiger partial charge in [-0.2, -0.15) is 4.31 Å². The fourth-order valence-corrected chi connectivity index (χ4v) is 4.55. The molecular formula is C18H20N4O3S. The van der Waals surface area contributed by atoms with Crippen LogP contribution in [0.25, 0.3) is 11.0 Å². The number of ether oxygens (including phenoxy) is 1. The van der Waals surface area contributed by atoms with Gasteiger partial charge in [-0.05, 0) is 36.4 Å². The lowest BCUT2D eigenvalue weighted by Gasteiger charge is -2.33. The first-order chi connectivity index (χ1) is 12.6. The molecule has 1 aromatic heterocycles. The van der Waals surface area contributed by atoms with E-state index in [1.807, 2.05) is 24.3 Å². The van der Waals surface area contributed by atoms with E-state index < -0.39 is 10.0 Å². The van der Waals surface area contributed by atoms with E-state index in [9.17, 15) is 8.42 Å². The Morgan fingerprint density at radius 1 is 1.00 bits per heavy atom. The Labute approximate surface area is 152 Å². The highest BCUT2D eigenvalue weighted by atomic mass is 32.2. The molecule has 0 radical (unpaired) electrons. The van der Waals surface area contributed by atoms with E-state index in [0.29, 0.717) is 31.9 Å². The zero-order valence-corrected chi connectivity index (χ0v) is 15.2. The summed E-state index contributed by atoms with van der Waals surface area (Å²) in [6, 6.07) is 14.3. The Morgan fingerprint density at radius 3 is 2.35 bits per heavy atom. The molecule has 0 bridgehead atoms. The molecule has 1 N–H and O–H groups in total. The fraction of sp³-hybridized carbons (Fsp3) is 0.278. The van der Waals surface area contributed by atoms with Crippen molar-refractivity contribution in [3.8, 4) is 5.75 Å². The van der Waals surface area contributed by atoms with E-state index in [1.54, 1.807) is 31.4 Å². The Kier molecular flexibility index (Phi) is 4.29. The number of aromatic nitrogens is 2. The van der Waals surface area contributed by atoms with Crippen molar-refractivity contribution in [2.75, 3.05) is 38.2 Å². The molecule has 8 heteroatoms. The highest BCUT2D eigenvalue weighted by molar-refractivity contribution is 7.89. The van der Waals surface area contributed by atoms with Crippen LogP contribution in [0, 0.1) is 0 Å². The molecule has 0 unspecified atom stereocenters. The number of imidazole rings is 1. The quantitative estimate of drug-likeness (QED) is 0.759. The second-order valence-corrected chi connectivity index (χ2v) is 8.08. The molecule has 1 aliphatic rings. The average molecular weight is 372 g/mol. The normalized spacial score (nSPS) is 16.1. The van der Waals surface area contributed by atoms with Crippen LogP contribution in [0.1, 0.15) is 0 Å². The lowest BCUT2D eigenvalue weighted by molar-refractivity contribution is 0.382. The van der Waals surface area contributed by atoms with Gasteiger partial charge in [0.1, 0.15) is 5.75 Å². The lowest BCUT2D eigenvalue weighted by atomic mass is 10.3. The highest BCUT2D eigenvalue weighted by Gasteiger charge is 2.29. The summed E-state index contributed by atoms with van der Waals surface area (Å²) in [4.78, 5) is 10.3. The molecule has 0 spiro atoms. The number of methoxy groups -OCH3 is 1. The summed E-state index contributed by atoms with van der Waals surface area (Å²) in [5, 5.41) is 0. The third-order valence-electron chi connectivity index (χ3n) is 4.61. The first-order valence-corrected chi connectivity index (χ1v) is 9.86. The molecule has 1 fully saturated rings. The number of anilines is 1. The molecule has 4 rings (SSSR count). The molecule has 0 amide bonds. The number of fused-ring (bicyclic) bond motifs is 1. The number of benzene rings is 2. The van der Waals surface area contributed by atoms with Gasteiger partial charge in [-0.25, -0.2) is 13.4 Å². The number of hydrogen-bond donors (Lipinski definition) is 1. The number of aromatic amines is 1. The number of piperazine rings is 1. The maximum atomic E-state index is 12.8. The summed E-state index contributed by atoms with van der Waals surface area (Å²) in [6.45, 7) is 2.03. The van der Waals surface area contributed by atoms with Crippen LogP contribution in [-0.2, 0) is 10.0 Å². The van der Waals surface area contributed by atoms with E-state index in [2.05, 4.69) is 14.9 Å². The van der Waals surface area contributed by atoms with E-state index in [-0.39, 0.29) is 4.90 Å². The average Bonchev–Trinajstić information content (AvgIpc) is 3.12. The minimum absolute atomic E-state index is 0.287. The Balaban J connectivity index is 1.48. The van der Waals surface area contributed by atoms with Gasteiger partial charge in [0.25, 0.3) is 0 Å². The van der Waals surface area contributed by atoms with Crippen LogP contribution in [-0.4, -0.2) is 56.0 Å². The Hall–Kier alpha value is -2.58. The third kappa shape index (κ3) is 3.02.